The molecule has 0 saturated carbocycles. The molecule has 0 saturated heterocycles. The van der Waals surface area contributed by atoms with E-state index in [2.05, 4.69) is 0 Å². The summed E-state index contributed by atoms with van der Waals surface area (Å²) in [5.74, 6) is 0.274. The maximum Gasteiger partial charge on any atom is 0.412 e. The lowest BCUT2D eigenvalue weighted by molar-refractivity contribution is 0.160. The van der Waals surface area contributed by atoms with Crippen LogP contribution in [-0.4, -0.2) is 29.8 Å². The molecule has 1 rings (SSSR count). The van der Waals surface area contributed by atoms with E-state index < -0.39 is 6.09 Å². The lowest BCUT2D eigenvalue weighted by atomic mass is 10.2. The summed E-state index contributed by atoms with van der Waals surface area (Å²) in [6, 6.07) is 1.78. The number of ether oxygens (including phenoxy) is 1. The zero-order valence-corrected chi connectivity index (χ0v) is 7.02. The van der Waals surface area contributed by atoms with E-state index in [1.807, 2.05) is 0 Å². The van der Waals surface area contributed by atoms with Crippen molar-refractivity contribution in [1.29, 1.82) is 5.26 Å². The SMILES string of the molecule is COC1=C(C#N)N(C(=O)O)CC=C1. The Morgan fingerprint density at radius 1 is 1.85 bits per heavy atom. The lowest BCUT2D eigenvalue weighted by Gasteiger charge is -2.20. The van der Waals surface area contributed by atoms with Crippen molar-refractivity contribution < 1.29 is 14.6 Å². The van der Waals surface area contributed by atoms with E-state index in [0.717, 1.165) is 4.90 Å². The van der Waals surface area contributed by atoms with Gasteiger partial charge in [0, 0.05) is 6.54 Å². The van der Waals surface area contributed by atoms with Gasteiger partial charge in [0.05, 0.1) is 7.11 Å². The molecule has 13 heavy (non-hydrogen) atoms. The Hall–Kier alpha value is -1.96. The van der Waals surface area contributed by atoms with Gasteiger partial charge < -0.3 is 9.84 Å². The minimum absolute atomic E-state index is 0.0255. The molecule has 0 radical (unpaired) electrons. The molecular weight excluding hydrogens is 172 g/mol. The van der Waals surface area contributed by atoms with Crippen LogP contribution in [0.3, 0.4) is 0 Å². The van der Waals surface area contributed by atoms with Crippen LogP contribution in [0.4, 0.5) is 4.79 Å². The number of methoxy groups -OCH3 is 1. The Bertz CT molecular complexity index is 325. The first-order valence-corrected chi connectivity index (χ1v) is 3.56. The molecule has 5 heteroatoms. The molecule has 0 spiro atoms. The van der Waals surface area contributed by atoms with Gasteiger partial charge in [-0.2, -0.15) is 5.26 Å². The second-order valence-corrected chi connectivity index (χ2v) is 2.32. The summed E-state index contributed by atoms with van der Waals surface area (Å²) in [5, 5.41) is 17.4. The molecule has 5 nitrogen and oxygen atoms in total. The van der Waals surface area contributed by atoms with Crippen molar-refractivity contribution in [3.8, 4) is 6.07 Å². The molecule has 1 heterocycles. The van der Waals surface area contributed by atoms with Gasteiger partial charge in [-0.3, -0.25) is 4.90 Å². The molecule has 68 valence electrons. The smallest absolute Gasteiger partial charge is 0.412 e. The summed E-state index contributed by atoms with van der Waals surface area (Å²) in [6.07, 6.45) is 2.04. The highest BCUT2D eigenvalue weighted by Gasteiger charge is 2.22. The fraction of sp³-hybridized carbons (Fsp3) is 0.250. The molecule has 0 bridgehead atoms. The van der Waals surface area contributed by atoms with E-state index in [1.54, 1.807) is 18.2 Å². The van der Waals surface area contributed by atoms with Gasteiger partial charge in [0.15, 0.2) is 11.5 Å². The zero-order chi connectivity index (χ0) is 9.84. The number of nitriles is 1. The van der Waals surface area contributed by atoms with Crippen LogP contribution in [-0.2, 0) is 4.74 Å². The van der Waals surface area contributed by atoms with Crippen LogP contribution >= 0.6 is 0 Å². The van der Waals surface area contributed by atoms with Crippen molar-refractivity contribution in [2.24, 2.45) is 0 Å². The number of amides is 1. The Morgan fingerprint density at radius 2 is 2.54 bits per heavy atom. The van der Waals surface area contributed by atoms with Crippen LogP contribution in [0.5, 0.6) is 0 Å². The maximum absolute atomic E-state index is 10.6. The number of hydrogen-bond acceptors (Lipinski definition) is 3. The summed E-state index contributed by atoms with van der Waals surface area (Å²) in [4.78, 5) is 11.6. The van der Waals surface area contributed by atoms with Gasteiger partial charge in [0.1, 0.15) is 6.07 Å². The monoisotopic (exact) mass is 180 g/mol. The van der Waals surface area contributed by atoms with Crippen LogP contribution < -0.4 is 0 Å². The van der Waals surface area contributed by atoms with Gasteiger partial charge in [-0.15, -0.1) is 0 Å². The molecule has 0 aromatic rings. The van der Waals surface area contributed by atoms with Gasteiger partial charge in [0.2, 0.25) is 0 Å². The Balaban J connectivity index is 3.07. The van der Waals surface area contributed by atoms with Crippen LogP contribution in [0.25, 0.3) is 0 Å². The van der Waals surface area contributed by atoms with Gasteiger partial charge in [-0.1, -0.05) is 6.08 Å². The third kappa shape index (κ3) is 1.62. The molecule has 0 fully saturated rings. The molecule has 1 N–H and O–H groups in total. The highest BCUT2D eigenvalue weighted by Crippen LogP contribution is 2.16. The summed E-state index contributed by atoms with van der Waals surface area (Å²) in [5.41, 5.74) is 0.0255. The zero-order valence-electron chi connectivity index (χ0n) is 7.02. The topological polar surface area (TPSA) is 73.6 Å². The number of allylic oxidation sites excluding steroid dienone is 2. The molecule has 0 aliphatic carbocycles. The third-order valence-electron chi connectivity index (χ3n) is 1.62. The normalized spacial score (nSPS) is 15.5. The predicted molar refractivity (Wildman–Crippen MR) is 43.5 cm³/mol. The first-order chi connectivity index (χ1) is 6.20. The number of hydrogen-bond donors (Lipinski definition) is 1. The molecule has 0 unspecified atom stereocenters. The fourth-order valence-corrected chi connectivity index (χ4v) is 1.02. The summed E-state index contributed by atoms with van der Waals surface area (Å²) >= 11 is 0. The lowest BCUT2D eigenvalue weighted by Crippen LogP contribution is -2.31. The summed E-state index contributed by atoms with van der Waals surface area (Å²) in [6.45, 7) is 0.186. The highest BCUT2D eigenvalue weighted by atomic mass is 16.5. The molecule has 0 aromatic carbocycles. The number of carbonyl (C=O) groups is 1. The van der Waals surface area contributed by atoms with E-state index >= 15 is 0 Å². The van der Waals surface area contributed by atoms with E-state index in [1.165, 1.54) is 7.11 Å². The number of carboxylic acid groups (broad SMARTS) is 1. The standard InChI is InChI=1S/C8H8N2O3/c1-13-7-3-2-4-10(8(11)12)6(7)5-9/h2-3H,4H2,1H3,(H,11,12). The first kappa shape index (κ1) is 9.13. The average molecular weight is 180 g/mol. The van der Waals surface area contributed by atoms with Crippen LogP contribution in [0.2, 0.25) is 0 Å². The molecule has 0 aromatic heterocycles. The highest BCUT2D eigenvalue weighted by molar-refractivity contribution is 5.70. The predicted octanol–water partition coefficient (Wildman–Crippen LogP) is 0.918. The Kier molecular flexibility index (Phi) is 2.55. The quantitative estimate of drug-likeness (QED) is 0.651. The Labute approximate surface area is 75.1 Å². The molecule has 1 amide bonds. The molecular formula is C8H8N2O3. The summed E-state index contributed by atoms with van der Waals surface area (Å²) in [7, 11) is 1.39. The maximum atomic E-state index is 10.6. The second kappa shape index (κ2) is 3.63. The molecule has 1 aliphatic rings. The van der Waals surface area contributed by atoms with Crippen molar-refractivity contribution in [3.05, 3.63) is 23.6 Å². The largest absolute Gasteiger partial charge is 0.494 e. The van der Waals surface area contributed by atoms with Gasteiger partial charge >= 0.3 is 6.09 Å². The van der Waals surface area contributed by atoms with Crippen molar-refractivity contribution in [2.45, 2.75) is 0 Å². The van der Waals surface area contributed by atoms with Crippen molar-refractivity contribution in [2.75, 3.05) is 13.7 Å². The van der Waals surface area contributed by atoms with Gasteiger partial charge in [0.25, 0.3) is 0 Å². The van der Waals surface area contributed by atoms with Crippen LogP contribution in [0, 0.1) is 11.3 Å². The van der Waals surface area contributed by atoms with E-state index in [9.17, 15) is 4.79 Å². The van der Waals surface area contributed by atoms with E-state index in [4.69, 9.17) is 15.1 Å². The van der Waals surface area contributed by atoms with Crippen molar-refractivity contribution in [1.82, 2.24) is 4.90 Å². The van der Waals surface area contributed by atoms with E-state index in [-0.39, 0.29) is 18.0 Å². The fourth-order valence-electron chi connectivity index (χ4n) is 1.02. The third-order valence-corrected chi connectivity index (χ3v) is 1.62. The van der Waals surface area contributed by atoms with Gasteiger partial charge in [-0.05, 0) is 6.08 Å². The number of nitrogens with zero attached hydrogens (tertiary/aromatic N) is 2. The molecule has 1 aliphatic heterocycles. The average Bonchev–Trinajstić information content (AvgIpc) is 2.16. The molecule has 0 atom stereocenters. The Morgan fingerprint density at radius 3 is 3.00 bits per heavy atom. The van der Waals surface area contributed by atoms with Crippen molar-refractivity contribution in [3.63, 3.8) is 0 Å². The summed E-state index contributed by atoms with van der Waals surface area (Å²) < 4.78 is 4.84. The minimum atomic E-state index is -1.16. The minimum Gasteiger partial charge on any atom is -0.494 e. The number of rotatable bonds is 1. The second-order valence-electron chi connectivity index (χ2n) is 2.32. The van der Waals surface area contributed by atoms with Gasteiger partial charge in [-0.25, -0.2) is 4.79 Å². The van der Waals surface area contributed by atoms with E-state index in [0.29, 0.717) is 0 Å². The van der Waals surface area contributed by atoms with Crippen molar-refractivity contribution >= 4 is 6.09 Å². The van der Waals surface area contributed by atoms with Crippen LogP contribution in [0.15, 0.2) is 23.6 Å². The van der Waals surface area contributed by atoms with Crippen LogP contribution in [0.1, 0.15) is 0 Å². The first-order valence-electron chi connectivity index (χ1n) is 3.56.